The monoisotopic (exact) mass is 1150 g/mol. The normalized spacial score (nSPS) is 11.8. The molecule has 0 amide bonds. The van der Waals surface area contributed by atoms with Crippen LogP contribution in [0.1, 0.15) is 0 Å². The molecule has 0 N–H and O–H groups in total. The van der Waals surface area contributed by atoms with E-state index in [1.807, 2.05) is 91.0 Å². The molecule has 0 saturated carbocycles. The molecule has 90 heavy (non-hydrogen) atoms. The van der Waals surface area contributed by atoms with Gasteiger partial charge in [-0.3, -0.25) is 0 Å². The summed E-state index contributed by atoms with van der Waals surface area (Å²) >= 11 is 0. The van der Waals surface area contributed by atoms with E-state index < -0.39 is 0 Å². The third-order valence-corrected chi connectivity index (χ3v) is 17.5. The number of aromatic nitrogens is 2. The van der Waals surface area contributed by atoms with Crippen LogP contribution in [0.4, 0.5) is 34.1 Å². The molecule has 18 aromatic rings. The van der Waals surface area contributed by atoms with Crippen molar-refractivity contribution in [2.75, 3.05) is 9.80 Å². The van der Waals surface area contributed by atoms with E-state index in [0.29, 0.717) is 11.8 Å². The van der Waals surface area contributed by atoms with E-state index in [2.05, 4.69) is 222 Å². The van der Waals surface area contributed by atoms with Crippen molar-refractivity contribution in [1.29, 1.82) is 0 Å². The highest BCUT2D eigenvalue weighted by atomic mass is 16.4. The topological polar surface area (TPSA) is 84.8 Å². The number of rotatable bonds is 11. The lowest BCUT2D eigenvalue weighted by atomic mass is 9.99. The molecule has 0 fully saturated rings. The standard InChI is InChI=1S/C82H50N4O4/c1-4-15-55(16-5-1)81-83-73-44-35-53-33-42-63(49-70(53)79(73)89-81)85(59-20-8-3-9-21-59)60-38-29-52(30-39-60)66-25-14-27-69-72-48-58(37-46-76(72)88-78(66)69)57-19-12-22-62(47-57)86(61-40-31-51(32-41-61)65-24-13-26-68-67-23-10-11-28-75(67)87-77(65)68)64-43-34-54-36-45-74-80(71(54)50-64)90-82(84-74)56-17-6-2-7-18-56/h1-50H. The summed E-state index contributed by atoms with van der Waals surface area (Å²) in [7, 11) is 0. The summed E-state index contributed by atoms with van der Waals surface area (Å²) in [5.74, 6) is 1.20. The van der Waals surface area contributed by atoms with Crippen LogP contribution in [0.3, 0.4) is 0 Å². The summed E-state index contributed by atoms with van der Waals surface area (Å²) in [6, 6.07) is 106. The molecule has 4 heterocycles. The Labute approximate surface area is 516 Å². The predicted molar refractivity (Wildman–Crippen MR) is 368 cm³/mol. The van der Waals surface area contributed by atoms with Gasteiger partial charge < -0.3 is 27.5 Å². The highest BCUT2D eigenvalue weighted by Crippen LogP contribution is 2.45. The minimum atomic E-state index is 0.591. The molecule has 0 aliphatic carbocycles. The lowest BCUT2D eigenvalue weighted by Gasteiger charge is -2.26. The first kappa shape index (κ1) is 51.0. The van der Waals surface area contributed by atoms with Gasteiger partial charge in [0.25, 0.3) is 0 Å². The van der Waals surface area contributed by atoms with Gasteiger partial charge in [-0.15, -0.1) is 0 Å². The third-order valence-electron chi connectivity index (χ3n) is 17.5. The van der Waals surface area contributed by atoms with E-state index in [0.717, 1.165) is 166 Å². The lowest BCUT2D eigenvalue weighted by Crippen LogP contribution is -2.10. The molecule has 0 spiro atoms. The molecule has 422 valence electrons. The van der Waals surface area contributed by atoms with Crippen molar-refractivity contribution in [3.8, 4) is 56.3 Å². The first-order valence-electron chi connectivity index (χ1n) is 30.2. The van der Waals surface area contributed by atoms with Crippen LogP contribution in [0.15, 0.2) is 321 Å². The smallest absolute Gasteiger partial charge is 0.227 e. The highest BCUT2D eigenvalue weighted by Gasteiger charge is 2.22. The summed E-state index contributed by atoms with van der Waals surface area (Å²) in [6.07, 6.45) is 0. The molecule has 0 unspecified atom stereocenters. The third kappa shape index (κ3) is 8.60. The second kappa shape index (κ2) is 20.7. The van der Waals surface area contributed by atoms with Crippen molar-refractivity contribution >= 4 is 122 Å². The first-order valence-corrected chi connectivity index (χ1v) is 30.2. The molecule has 0 radical (unpaired) electrons. The molecule has 0 aliphatic heterocycles. The summed E-state index contributed by atoms with van der Waals surface area (Å²) in [6.45, 7) is 0. The number of nitrogens with zero attached hydrogens (tertiary/aromatic N) is 4. The Morgan fingerprint density at radius 3 is 1.20 bits per heavy atom. The van der Waals surface area contributed by atoms with Crippen LogP contribution >= 0.6 is 0 Å². The van der Waals surface area contributed by atoms with Crippen LogP contribution in [-0.2, 0) is 0 Å². The summed E-state index contributed by atoms with van der Waals surface area (Å²) < 4.78 is 26.5. The van der Waals surface area contributed by atoms with Crippen molar-refractivity contribution < 1.29 is 17.7 Å². The maximum atomic E-state index is 6.85. The number of oxazole rings is 2. The van der Waals surface area contributed by atoms with Crippen molar-refractivity contribution in [1.82, 2.24) is 9.97 Å². The molecule has 8 nitrogen and oxygen atoms in total. The second-order valence-corrected chi connectivity index (χ2v) is 22.8. The van der Waals surface area contributed by atoms with Gasteiger partial charge in [-0.25, -0.2) is 9.97 Å². The quantitative estimate of drug-likeness (QED) is 0.127. The number of hydrogen-bond donors (Lipinski definition) is 0. The maximum absolute atomic E-state index is 6.85. The van der Waals surface area contributed by atoms with Gasteiger partial charge in [0.15, 0.2) is 11.2 Å². The SMILES string of the molecule is c1ccc(-c2nc3ccc4ccc(N(c5ccccc5)c5ccc(-c6cccc7c6oc6ccc(-c8cccc(N(c9ccc(-c%10cccc%11c%10oc%10ccccc%10%11)cc9)c9ccc%10ccc%11nc(-c%12ccccc%12)oc%11c%10c9)c8)cc67)cc5)cc4c3o2)cc1. The lowest BCUT2D eigenvalue weighted by molar-refractivity contribution is 0.622. The molecule has 0 bridgehead atoms. The predicted octanol–water partition coefficient (Wildman–Crippen LogP) is 23.3. The minimum absolute atomic E-state index is 0.591. The van der Waals surface area contributed by atoms with E-state index in [4.69, 9.17) is 27.6 Å². The van der Waals surface area contributed by atoms with E-state index in [1.165, 1.54) is 0 Å². The van der Waals surface area contributed by atoms with Crippen molar-refractivity contribution in [2.45, 2.75) is 0 Å². The zero-order valence-electron chi connectivity index (χ0n) is 48.3. The molecule has 0 atom stereocenters. The number of benzene rings is 14. The highest BCUT2D eigenvalue weighted by molar-refractivity contribution is 6.12. The first-order chi connectivity index (χ1) is 44.6. The summed E-state index contributed by atoms with van der Waals surface area (Å²) in [4.78, 5) is 14.4. The Bertz CT molecular complexity index is 5790. The Kier molecular flexibility index (Phi) is 11.7. The van der Waals surface area contributed by atoms with Gasteiger partial charge in [0, 0.05) is 88.7 Å². The number of fused-ring (bicyclic) bond motifs is 12. The van der Waals surface area contributed by atoms with Crippen molar-refractivity contribution in [3.05, 3.63) is 303 Å². The van der Waals surface area contributed by atoms with Crippen LogP contribution in [-0.4, -0.2) is 9.97 Å². The molecular weight excluding hydrogens is 1100 g/mol. The van der Waals surface area contributed by atoms with Gasteiger partial charge >= 0.3 is 0 Å². The van der Waals surface area contributed by atoms with Gasteiger partial charge in [-0.1, -0.05) is 176 Å². The van der Waals surface area contributed by atoms with E-state index >= 15 is 0 Å². The molecule has 18 rings (SSSR count). The fourth-order valence-corrected chi connectivity index (χ4v) is 13.1. The molecule has 0 aliphatic rings. The molecular formula is C82H50N4O4. The Balaban J connectivity index is 0.704. The van der Waals surface area contributed by atoms with Crippen molar-refractivity contribution in [3.63, 3.8) is 0 Å². The number of hydrogen-bond acceptors (Lipinski definition) is 8. The van der Waals surface area contributed by atoms with Crippen LogP contribution in [0, 0.1) is 0 Å². The summed E-state index contributed by atoms with van der Waals surface area (Å²) in [5, 5.41) is 8.41. The van der Waals surface area contributed by atoms with Gasteiger partial charge in [0.05, 0.1) is 0 Å². The fourth-order valence-electron chi connectivity index (χ4n) is 13.1. The Hall–Kier alpha value is -12.3. The molecule has 0 saturated heterocycles. The van der Waals surface area contributed by atoms with E-state index in [1.54, 1.807) is 0 Å². The molecule has 14 aromatic carbocycles. The van der Waals surface area contributed by atoms with Gasteiger partial charge in [-0.2, -0.15) is 0 Å². The average molecular weight is 1160 g/mol. The van der Waals surface area contributed by atoms with Gasteiger partial charge in [0.1, 0.15) is 33.4 Å². The molecule has 4 aromatic heterocycles. The largest absolute Gasteiger partial charge is 0.455 e. The maximum Gasteiger partial charge on any atom is 0.227 e. The zero-order chi connectivity index (χ0) is 59.2. The average Bonchev–Trinajstić information content (AvgIpc) is 1.69. The van der Waals surface area contributed by atoms with E-state index in [9.17, 15) is 0 Å². The zero-order valence-corrected chi connectivity index (χ0v) is 48.3. The number of anilines is 6. The van der Waals surface area contributed by atoms with Crippen LogP contribution in [0.25, 0.3) is 144 Å². The van der Waals surface area contributed by atoms with Gasteiger partial charge in [0.2, 0.25) is 11.8 Å². The van der Waals surface area contributed by atoms with E-state index in [-0.39, 0.29) is 0 Å². The summed E-state index contributed by atoms with van der Waals surface area (Å²) in [5.41, 5.74) is 20.7. The van der Waals surface area contributed by atoms with Gasteiger partial charge in [-0.05, 0) is 160 Å². The van der Waals surface area contributed by atoms with Crippen LogP contribution < -0.4 is 9.80 Å². The fraction of sp³-hybridized carbons (Fsp3) is 0. The van der Waals surface area contributed by atoms with Crippen LogP contribution in [0.2, 0.25) is 0 Å². The molecule has 8 heteroatoms. The minimum Gasteiger partial charge on any atom is -0.455 e. The second-order valence-electron chi connectivity index (χ2n) is 22.8. The van der Waals surface area contributed by atoms with Crippen molar-refractivity contribution in [2.24, 2.45) is 0 Å². The number of furan rings is 2. The Morgan fingerprint density at radius 1 is 0.222 bits per heavy atom. The number of para-hydroxylation sites is 4. The Morgan fingerprint density at radius 2 is 0.622 bits per heavy atom. The van der Waals surface area contributed by atoms with Crippen LogP contribution in [0.5, 0.6) is 0 Å².